The van der Waals surface area contributed by atoms with E-state index in [4.69, 9.17) is 21.8 Å². The maximum Gasteiger partial charge on any atom is 0.166 e. The maximum absolute atomic E-state index is 9.40. The van der Waals surface area contributed by atoms with Gasteiger partial charge in [0.2, 0.25) is 0 Å². The lowest BCUT2D eigenvalue weighted by molar-refractivity contribution is 1.06. The Balaban J connectivity index is 1.34. The molecule has 3 heterocycles. The molecule has 3 aromatic heterocycles. The molecule has 0 bridgehead atoms. The van der Waals surface area contributed by atoms with Crippen LogP contribution in [0.2, 0.25) is 0 Å². The van der Waals surface area contributed by atoms with Crippen molar-refractivity contribution in [1.82, 2.24) is 19.5 Å². The van der Waals surface area contributed by atoms with Crippen molar-refractivity contribution in [2.45, 2.75) is 0 Å². The van der Waals surface area contributed by atoms with Crippen molar-refractivity contribution in [2.24, 2.45) is 0 Å². The summed E-state index contributed by atoms with van der Waals surface area (Å²) in [7, 11) is 0. The summed E-state index contributed by atoms with van der Waals surface area (Å²) in [6, 6.07) is 37.0. The lowest BCUT2D eigenvalue weighted by atomic mass is 9.99. The van der Waals surface area contributed by atoms with Gasteiger partial charge in [-0.1, -0.05) is 158 Å². The molecule has 0 aliphatic heterocycles. The molecule has 0 unspecified atom stereocenters. The van der Waals surface area contributed by atoms with Crippen LogP contribution in [0.25, 0.3) is 104 Å². The number of benzene rings is 8. The average molecular weight is 716 g/mol. The van der Waals surface area contributed by atoms with E-state index in [2.05, 4.69) is 24.3 Å². The molecule has 5 heteroatoms. The predicted octanol–water partition coefficient (Wildman–Crippen LogP) is 13.2. The maximum atomic E-state index is 9.40. The number of fused-ring (bicyclic) bond motifs is 8. The van der Waals surface area contributed by atoms with E-state index in [1.54, 1.807) is 15.9 Å². The van der Waals surface area contributed by atoms with Gasteiger partial charge < -0.3 is 4.57 Å². The summed E-state index contributed by atoms with van der Waals surface area (Å²) in [4.78, 5) is 15.2. The van der Waals surface area contributed by atoms with Crippen molar-refractivity contribution in [3.63, 3.8) is 0 Å². The lowest BCUT2D eigenvalue weighted by Gasteiger charge is -2.17. The fourth-order valence-electron chi connectivity index (χ4n) is 7.33. The molecule has 11 aromatic rings. The van der Waals surface area contributed by atoms with E-state index in [0.717, 1.165) is 42.4 Å². The Morgan fingerprint density at radius 3 is 1.98 bits per heavy atom. The van der Waals surface area contributed by atoms with E-state index in [9.17, 15) is 5.48 Å². The van der Waals surface area contributed by atoms with E-state index in [1.807, 2.05) is 97.1 Å². The van der Waals surface area contributed by atoms with Gasteiger partial charge in [-0.05, 0) is 40.8 Å². The lowest BCUT2D eigenvalue weighted by Crippen LogP contribution is -2.04. The fourth-order valence-corrected chi connectivity index (χ4v) is 8.57. The van der Waals surface area contributed by atoms with E-state index in [1.165, 1.54) is 6.07 Å². The molecule has 0 aliphatic carbocycles. The largest absolute Gasteiger partial charge is 0.308 e. The minimum absolute atomic E-state index is 0.0239. The molecule has 0 atom stereocenters. The second-order valence-corrected chi connectivity index (χ2v) is 13.9. The molecule has 0 fully saturated rings. The predicted molar refractivity (Wildman–Crippen MR) is 226 cm³/mol. The molecular weight excluding hydrogens is 677 g/mol. The Morgan fingerprint density at radius 1 is 0.463 bits per heavy atom. The van der Waals surface area contributed by atoms with Gasteiger partial charge in [0.1, 0.15) is 0 Å². The Labute approximate surface area is 327 Å². The molecule has 252 valence electrons. The second kappa shape index (κ2) is 12.3. The quantitative estimate of drug-likeness (QED) is 0.178. The standard InChI is InChI=1S/C49H30N4S/c1-3-15-32(16-4-1)47-50-48(33-17-5-2-6-18-33)52-49(51-47)41-30-34(36-22-13-23-40-38-21-10-12-25-44(38)54-46(36)40)27-29-43(41)53-42-24-11-9-20-37(42)39-28-26-31-14-7-8-19-35(31)45(39)53/h1-30H/i7D,8D,9D,14D,19D,20D,24D,26D,28D. The van der Waals surface area contributed by atoms with Crippen LogP contribution in [-0.4, -0.2) is 19.5 Å². The minimum Gasteiger partial charge on any atom is -0.308 e. The zero-order chi connectivity index (χ0) is 43.4. The SMILES string of the molecule is [2H]c1cc([2H])c2c(c1[2H])c1c([2H])c([2H])c3c([2H])c([2H])c([2H])c([2H])c3c1n2-c1ccc(-c2cccc3c2sc2ccccc23)cc1-c1nc(-c2ccccc2)nc(-c2ccccc2)n1. The van der Waals surface area contributed by atoms with Gasteiger partial charge in [0.05, 0.1) is 29.1 Å². The average Bonchev–Trinajstić information content (AvgIpc) is 3.88. The van der Waals surface area contributed by atoms with Gasteiger partial charge in [-0.25, -0.2) is 15.0 Å². The van der Waals surface area contributed by atoms with E-state index < -0.39 is 36.3 Å². The summed E-state index contributed by atoms with van der Waals surface area (Å²) in [6.45, 7) is 0. The van der Waals surface area contributed by atoms with Crippen LogP contribution in [0.4, 0.5) is 0 Å². The van der Waals surface area contributed by atoms with Gasteiger partial charge in [-0.15, -0.1) is 11.3 Å². The molecule has 0 N–H and O–H groups in total. The molecule has 54 heavy (non-hydrogen) atoms. The third-order valence-electron chi connectivity index (χ3n) is 9.78. The number of rotatable bonds is 5. The summed E-state index contributed by atoms with van der Waals surface area (Å²) in [5.74, 6) is 1.04. The van der Waals surface area contributed by atoms with Crippen LogP contribution < -0.4 is 0 Å². The monoisotopic (exact) mass is 715 g/mol. The summed E-state index contributed by atoms with van der Waals surface area (Å²) >= 11 is 1.68. The molecule has 0 aliphatic rings. The molecule has 11 rings (SSSR count). The topological polar surface area (TPSA) is 43.6 Å². The normalized spacial score (nSPS) is 14.0. The number of thiophene rings is 1. The first-order valence-corrected chi connectivity index (χ1v) is 18.2. The molecule has 0 saturated heterocycles. The Kier molecular flexibility index (Phi) is 5.22. The van der Waals surface area contributed by atoms with Gasteiger partial charge in [0, 0.05) is 53.0 Å². The van der Waals surface area contributed by atoms with Gasteiger partial charge in [0.25, 0.3) is 0 Å². The number of para-hydroxylation sites is 1. The van der Waals surface area contributed by atoms with Crippen molar-refractivity contribution in [3.05, 3.63) is 182 Å². The number of nitrogens with zero attached hydrogens (tertiary/aromatic N) is 4. The van der Waals surface area contributed by atoms with E-state index in [0.29, 0.717) is 22.9 Å². The summed E-state index contributed by atoms with van der Waals surface area (Å²) in [6.07, 6.45) is 0. The molecular formula is C49H30N4S. The fraction of sp³-hybridized carbons (Fsp3) is 0. The highest BCUT2D eigenvalue weighted by Crippen LogP contribution is 2.43. The number of hydrogen-bond donors (Lipinski definition) is 0. The summed E-state index contributed by atoms with van der Waals surface area (Å²) in [5, 5.41) is 2.09. The third-order valence-corrected chi connectivity index (χ3v) is 11.0. The third kappa shape index (κ3) is 4.86. The van der Waals surface area contributed by atoms with E-state index >= 15 is 0 Å². The highest BCUT2D eigenvalue weighted by molar-refractivity contribution is 7.26. The van der Waals surface area contributed by atoms with Crippen LogP contribution in [0.5, 0.6) is 0 Å². The molecule has 0 amide bonds. The number of aromatic nitrogens is 4. The van der Waals surface area contributed by atoms with Crippen LogP contribution in [0, 0.1) is 0 Å². The molecule has 4 nitrogen and oxygen atoms in total. The van der Waals surface area contributed by atoms with Crippen LogP contribution >= 0.6 is 11.3 Å². The molecule has 8 aromatic carbocycles. The van der Waals surface area contributed by atoms with Crippen molar-refractivity contribution in [1.29, 1.82) is 0 Å². The van der Waals surface area contributed by atoms with Crippen LogP contribution in [-0.2, 0) is 0 Å². The van der Waals surface area contributed by atoms with Gasteiger partial charge in [-0.2, -0.15) is 0 Å². The van der Waals surface area contributed by atoms with Crippen molar-refractivity contribution in [2.75, 3.05) is 0 Å². The Bertz CT molecular complexity index is 3680. The second-order valence-electron chi connectivity index (χ2n) is 12.9. The van der Waals surface area contributed by atoms with Crippen molar-refractivity contribution < 1.29 is 12.3 Å². The van der Waals surface area contributed by atoms with Gasteiger partial charge in [0.15, 0.2) is 17.5 Å². The first kappa shape index (κ1) is 22.9. The van der Waals surface area contributed by atoms with Crippen molar-refractivity contribution in [3.8, 4) is 51.0 Å². The first-order chi connectivity index (χ1) is 30.5. The number of hydrogen-bond acceptors (Lipinski definition) is 4. The van der Waals surface area contributed by atoms with Crippen molar-refractivity contribution >= 4 is 64.1 Å². The van der Waals surface area contributed by atoms with Gasteiger partial charge >= 0.3 is 0 Å². The highest BCUT2D eigenvalue weighted by atomic mass is 32.1. The summed E-state index contributed by atoms with van der Waals surface area (Å²) in [5.41, 5.74) is 4.30. The van der Waals surface area contributed by atoms with Crippen LogP contribution in [0.15, 0.2) is 182 Å². The van der Waals surface area contributed by atoms with Crippen LogP contribution in [0.1, 0.15) is 12.3 Å². The Morgan fingerprint density at radius 2 is 1.17 bits per heavy atom. The van der Waals surface area contributed by atoms with Crippen LogP contribution in [0.3, 0.4) is 0 Å². The summed E-state index contributed by atoms with van der Waals surface area (Å²) < 4.78 is 85.2. The molecule has 0 spiro atoms. The van der Waals surface area contributed by atoms with E-state index in [-0.39, 0.29) is 56.5 Å². The molecule has 0 saturated carbocycles. The first-order valence-electron chi connectivity index (χ1n) is 21.9. The minimum atomic E-state index is -0.550. The van der Waals surface area contributed by atoms with Gasteiger partial charge in [-0.3, -0.25) is 0 Å². The smallest absolute Gasteiger partial charge is 0.166 e. The zero-order valence-corrected chi connectivity index (χ0v) is 29.1. The highest BCUT2D eigenvalue weighted by Gasteiger charge is 2.22. The Hall–Kier alpha value is -6.95. The molecule has 0 radical (unpaired) electrons. The zero-order valence-electron chi connectivity index (χ0n) is 37.3.